The van der Waals surface area contributed by atoms with Crippen molar-refractivity contribution in [3.8, 4) is 0 Å². The summed E-state index contributed by atoms with van der Waals surface area (Å²) < 4.78 is 0. The minimum atomic E-state index is 0.827. The zero-order valence-electron chi connectivity index (χ0n) is 11.0. The summed E-state index contributed by atoms with van der Waals surface area (Å²) >= 11 is 0. The number of para-hydroxylation sites is 2. The Labute approximate surface area is 113 Å². The van der Waals surface area contributed by atoms with Crippen LogP contribution in [0.4, 0.5) is 0 Å². The van der Waals surface area contributed by atoms with E-state index in [4.69, 9.17) is 0 Å². The Morgan fingerprint density at radius 2 is 2.16 bits per heavy atom. The number of fused-ring (bicyclic) bond motifs is 3. The van der Waals surface area contributed by atoms with Crippen LogP contribution in [-0.4, -0.2) is 16.5 Å². The van der Waals surface area contributed by atoms with Crippen molar-refractivity contribution < 1.29 is 0 Å². The lowest BCUT2D eigenvalue weighted by Crippen LogP contribution is -2.25. The third-order valence-electron chi connectivity index (χ3n) is 4.55. The molecule has 2 bridgehead atoms. The van der Waals surface area contributed by atoms with Gasteiger partial charge in [-0.3, -0.25) is 0 Å². The van der Waals surface area contributed by atoms with Gasteiger partial charge in [0.25, 0.3) is 0 Å². The number of hydrogen-bond acceptors (Lipinski definition) is 2. The number of nitrogens with one attached hydrogen (secondary N) is 2. The highest BCUT2D eigenvalue weighted by Crippen LogP contribution is 2.42. The van der Waals surface area contributed by atoms with Crippen molar-refractivity contribution in [3.63, 3.8) is 0 Å². The quantitative estimate of drug-likeness (QED) is 0.823. The molecule has 1 heterocycles. The zero-order chi connectivity index (χ0) is 12.7. The van der Waals surface area contributed by atoms with Crippen LogP contribution in [0.3, 0.4) is 0 Å². The number of aromatic amines is 1. The first kappa shape index (κ1) is 11.2. The molecule has 0 aliphatic heterocycles. The summed E-state index contributed by atoms with van der Waals surface area (Å²) in [6.45, 7) is 1.95. The van der Waals surface area contributed by atoms with E-state index in [0.29, 0.717) is 0 Å². The van der Waals surface area contributed by atoms with E-state index in [9.17, 15) is 0 Å². The Bertz CT molecular complexity index is 580. The van der Waals surface area contributed by atoms with Gasteiger partial charge in [0.1, 0.15) is 5.82 Å². The third kappa shape index (κ3) is 2.08. The second-order valence-electron chi connectivity index (χ2n) is 5.87. The number of allylic oxidation sites excluding steroid dienone is 2. The van der Waals surface area contributed by atoms with E-state index < -0.39 is 0 Å². The smallest absolute Gasteiger partial charge is 0.121 e. The van der Waals surface area contributed by atoms with E-state index >= 15 is 0 Å². The van der Waals surface area contributed by atoms with Crippen molar-refractivity contribution in [3.05, 3.63) is 42.2 Å². The fraction of sp³-hybridized carbons (Fsp3) is 0.438. The predicted octanol–water partition coefficient (Wildman–Crippen LogP) is 2.86. The molecule has 2 aromatic rings. The molecule has 0 radical (unpaired) electrons. The number of aromatic nitrogens is 2. The molecule has 0 amide bonds. The van der Waals surface area contributed by atoms with Gasteiger partial charge in [0.15, 0.2) is 0 Å². The second kappa shape index (κ2) is 4.49. The summed E-state index contributed by atoms with van der Waals surface area (Å²) in [6.07, 6.45) is 7.58. The van der Waals surface area contributed by atoms with E-state index in [1.807, 2.05) is 12.1 Å². The minimum Gasteiger partial charge on any atom is -0.341 e. The van der Waals surface area contributed by atoms with Gasteiger partial charge in [-0.15, -0.1) is 0 Å². The number of H-pyrrole nitrogens is 1. The summed E-state index contributed by atoms with van der Waals surface area (Å²) in [5.41, 5.74) is 2.18. The summed E-state index contributed by atoms with van der Waals surface area (Å²) in [5.74, 6) is 3.57. The Kier molecular flexibility index (Phi) is 2.66. The van der Waals surface area contributed by atoms with E-state index in [0.717, 1.165) is 47.7 Å². The Morgan fingerprint density at radius 3 is 2.95 bits per heavy atom. The Balaban J connectivity index is 1.36. The Hall–Kier alpha value is -1.61. The molecule has 3 heteroatoms. The van der Waals surface area contributed by atoms with E-state index in [-0.39, 0.29) is 0 Å². The average molecular weight is 253 g/mol. The van der Waals surface area contributed by atoms with E-state index in [1.165, 1.54) is 12.8 Å². The van der Waals surface area contributed by atoms with Crippen molar-refractivity contribution in [1.82, 2.24) is 15.3 Å². The summed E-state index contributed by atoms with van der Waals surface area (Å²) in [6, 6.07) is 8.20. The molecule has 1 aromatic carbocycles. The first-order valence-corrected chi connectivity index (χ1v) is 7.21. The molecule has 2 aliphatic carbocycles. The SMILES string of the molecule is C1=CC2CC1CC2CNCc1nc2ccccc2[nH]1. The maximum atomic E-state index is 4.59. The molecule has 3 atom stereocenters. The summed E-state index contributed by atoms with van der Waals surface area (Å²) in [7, 11) is 0. The minimum absolute atomic E-state index is 0.827. The zero-order valence-corrected chi connectivity index (χ0v) is 11.0. The van der Waals surface area contributed by atoms with Crippen LogP contribution in [0.2, 0.25) is 0 Å². The number of nitrogens with zero attached hydrogens (tertiary/aromatic N) is 1. The van der Waals surface area contributed by atoms with Crippen LogP contribution in [0.25, 0.3) is 11.0 Å². The molecule has 3 nitrogen and oxygen atoms in total. The van der Waals surface area contributed by atoms with E-state index in [2.05, 4.69) is 39.6 Å². The average Bonchev–Trinajstić information content (AvgIpc) is 3.12. The molecule has 1 aromatic heterocycles. The van der Waals surface area contributed by atoms with Gasteiger partial charge >= 0.3 is 0 Å². The van der Waals surface area contributed by atoms with Gasteiger partial charge in [-0.05, 0) is 49.3 Å². The topological polar surface area (TPSA) is 40.7 Å². The molecular formula is C16H19N3. The van der Waals surface area contributed by atoms with Crippen LogP contribution in [0, 0.1) is 17.8 Å². The molecular weight excluding hydrogens is 234 g/mol. The number of hydrogen-bond donors (Lipinski definition) is 2. The maximum Gasteiger partial charge on any atom is 0.121 e. The lowest BCUT2D eigenvalue weighted by atomic mass is 9.94. The van der Waals surface area contributed by atoms with Gasteiger partial charge in [-0.1, -0.05) is 24.3 Å². The predicted molar refractivity (Wildman–Crippen MR) is 76.6 cm³/mol. The molecule has 0 spiro atoms. The van der Waals surface area contributed by atoms with Gasteiger partial charge < -0.3 is 10.3 Å². The van der Waals surface area contributed by atoms with Crippen molar-refractivity contribution in [2.75, 3.05) is 6.54 Å². The van der Waals surface area contributed by atoms with Crippen molar-refractivity contribution in [2.24, 2.45) is 17.8 Å². The van der Waals surface area contributed by atoms with Crippen LogP contribution in [0.15, 0.2) is 36.4 Å². The normalized spacial score (nSPS) is 28.5. The largest absolute Gasteiger partial charge is 0.341 e. The van der Waals surface area contributed by atoms with Crippen LogP contribution in [-0.2, 0) is 6.54 Å². The van der Waals surface area contributed by atoms with Crippen LogP contribution in [0.1, 0.15) is 18.7 Å². The molecule has 19 heavy (non-hydrogen) atoms. The molecule has 2 aliphatic rings. The lowest BCUT2D eigenvalue weighted by molar-refractivity contribution is 0.412. The molecule has 4 rings (SSSR count). The van der Waals surface area contributed by atoms with Gasteiger partial charge in [0.05, 0.1) is 17.6 Å². The van der Waals surface area contributed by atoms with E-state index in [1.54, 1.807) is 0 Å². The van der Waals surface area contributed by atoms with Crippen LogP contribution in [0.5, 0.6) is 0 Å². The molecule has 0 saturated heterocycles. The van der Waals surface area contributed by atoms with Gasteiger partial charge in [0.2, 0.25) is 0 Å². The van der Waals surface area contributed by atoms with Gasteiger partial charge in [-0.25, -0.2) is 4.98 Å². The fourth-order valence-corrected chi connectivity index (χ4v) is 3.59. The highest BCUT2D eigenvalue weighted by molar-refractivity contribution is 5.74. The maximum absolute atomic E-state index is 4.59. The molecule has 3 unspecified atom stereocenters. The summed E-state index contributed by atoms with van der Waals surface area (Å²) in [5, 5.41) is 3.56. The highest BCUT2D eigenvalue weighted by Gasteiger charge is 2.34. The molecule has 1 saturated carbocycles. The molecule has 98 valence electrons. The van der Waals surface area contributed by atoms with Crippen molar-refractivity contribution in [1.29, 1.82) is 0 Å². The monoisotopic (exact) mass is 253 g/mol. The number of imidazole rings is 1. The Morgan fingerprint density at radius 1 is 1.21 bits per heavy atom. The first-order valence-electron chi connectivity index (χ1n) is 7.21. The summed E-state index contributed by atoms with van der Waals surface area (Å²) in [4.78, 5) is 7.96. The second-order valence-corrected chi connectivity index (χ2v) is 5.87. The fourth-order valence-electron chi connectivity index (χ4n) is 3.59. The number of benzene rings is 1. The van der Waals surface area contributed by atoms with Crippen LogP contribution >= 0.6 is 0 Å². The lowest BCUT2D eigenvalue weighted by Gasteiger charge is -2.18. The first-order chi connectivity index (χ1) is 9.38. The van der Waals surface area contributed by atoms with Gasteiger partial charge in [-0.2, -0.15) is 0 Å². The highest BCUT2D eigenvalue weighted by atomic mass is 15.0. The standard InChI is InChI=1S/C16H19N3/c1-2-4-15-14(3-1)18-16(19-15)10-17-9-13-8-11-5-6-12(13)7-11/h1-6,11-13,17H,7-10H2,(H,18,19). The third-order valence-corrected chi connectivity index (χ3v) is 4.55. The van der Waals surface area contributed by atoms with Crippen LogP contribution < -0.4 is 5.32 Å². The molecule has 2 N–H and O–H groups in total. The molecule has 1 fully saturated rings. The van der Waals surface area contributed by atoms with Crippen molar-refractivity contribution in [2.45, 2.75) is 19.4 Å². The number of rotatable bonds is 4. The van der Waals surface area contributed by atoms with Gasteiger partial charge in [0, 0.05) is 0 Å². The van der Waals surface area contributed by atoms with Crippen molar-refractivity contribution >= 4 is 11.0 Å².